The monoisotopic (exact) mass is 495 g/mol. The smallest absolute Gasteiger partial charge is 0.372 e. The lowest BCUT2D eigenvalue weighted by Gasteiger charge is -2.31. The molecule has 2 aromatic rings. The van der Waals surface area contributed by atoms with Crippen molar-refractivity contribution in [2.24, 2.45) is 5.92 Å². The van der Waals surface area contributed by atoms with E-state index in [1.54, 1.807) is 0 Å². The molecule has 34 heavy (non-hydrogen) atoms. The molecule has 10 heteroatoms. The van der Waals surface area contributed by atoms with Gasteiger partial charge in [-0.25, -0.2) is 8.42 Å². The van der Waals surface area contributed by atoms with Crippen molar-refractivity contribution in [3.8, 4) is 0 Å². The van der Waals surface area contributed by atoms with Gasteiger partial charge in [0.15, 0.2) is 0 Å². The normalized spacial score (nSPS) is 18.6. The lowest BCUT2D eigenvalue weighted by atomic mass is 9.97. The number of amides is 1. The summed E-state index contributed by atoms with van der Waals surface area (Å²) in [6.45, 7) is 2.03. The summed E-state index contributed by atoms with van der Waals surface area (Å²) in [5.41, 5.74) is 0.609. The molecule has 2 fully saturated rings. The lowest BCUT2D eigenvalue weighted by Crippen LogP contribution is -2.41. The molecule has 1 amide bonds. The molecule has 0 aromatic heterocycles. The van der Waals surface area contributed by atoms with Crippen molar-refractivity contribution in [3.05, 3.63) is 54.1 Å². The van der Waals surface area contributed by atoms with Crippen LogP contribution in [0.1, 0.15) is 37.7 Å². The average Bonchev–Trinajstić information content (AvgIpc) is 2.84. The Morgan fingerprint density at radius 1 is 0.882 bits per heavy atom. The maximum absolute atomic E-state index is 13.3. The second kappa shape index (κ2) is 9.95. The van der Waals surface area contributed by atoms with E-state index in [9.17, 15) is 26.4 Å². The van der Waals surface area contributed by atoms with Gasteiger partial charge in [0.05, 0.1) is 10.5 Å². The molecule has 0 unspecified atom stereocenters. The molecule has 2 aliphatic heterocycles. The lowest BCUT2D eigenvalue weighted by molar-refractivity contribution is -0.139. The Bertz CT molecular complexity index is 1110. The minimum atomic E-state index is -4.77. The third kappa shape index (κ3) is 5.38. The van der Waals surface area contributed by atoms with Gasteiger partial charge >= 0.3 is 6.18 Å². The summed E-state index contributed by atoms with van der Waals surface area (Å²) in [7, 11) is -4.32. The van der Waals surface area contributed by atoms with E-state index in [-0.39, 0.29) is 31.8 Å². The number of hydrogen-bond donors (Lipinski definition) is 1. The van der Waals surface area contributed by atoms with E-state index in [1.165, 1.54) is 25.3 Å². The first-order chi connectivity index (χ1) is 16.2. The highest BCUT2D eigenvalue weighted by atomic mass is 32.2. The number of rotatable bonds is 5. The molecule has 184 valence electrons. The van der Waals surface area contributed by atoms with Crippen LogP contribution < -0.4 is 10.2 Å². The standard InChI is InChI=1S/C24H28F3N3O3S/c25-24(26,27)21-6-2-3-7-22(21)34(32,33)30-16-12-18(13-17-30)23(31)28-19-8-10-20(11-9-19)29-14-4-1-5-15-29/h2-3,6-11,18H,1,4-5,12-17H2,(H,28,31). The third-order valence-corrected chi connectivity index (χ3v) is 8.45. The van der Waals surface area contributed by atoms with Crippen LogP contribution in [0.25, 0.3) is 0 Å². The Balaban J connectivity index is 1.36. The number of anilines is 2. The van der Waals surface area contributed by atoms with Crippen LogP contribution in [-0.4, -0.2) is 44.8 Å². The van der Waals surface area contributed by atoms with Crippen molar-refractivity contribution in [1.82, 2.24) is 4.31 Å². The minimum absolute atomic E-state index is 0.0134. The van der Waals surface area contributed by atoms with E-state index in [2.05, 4.69) is 10.2 Å². The van der Waals surface area contributed by atoms with Gasteiger partial charge in [0, 0.05) is 43.5 Å². The zero-order chi connectivity index (χ0) is 24.3. The largest absolute Gasteiger partial charge is 0.417 e. The van der Waals surface area contributed by atoms with Crippen molar-refractivity contribution in [2.45, 2.75) is 43.2 Å². The van der Waals surface area contributed by atoms with Gasteiger partial charge in [-0.3, -0.25) is 4.79 Å². The fourth-order valence-corrected chi connectivity index (χ4v) is 6.26. The van der Waals surface area contributed by atoms with Crippen LogP contribution in [-0.2, 0) is 21.0 Å². The Labute approximate surface area is 197 Å². The van der Waals surface area contributed by atoms with E-state index in [4.69, 9.17) is 0 Å². The predicted octanol–water partition coefficient (Wildman–Crippen LogP) is 4.74. The quantitative estimate of drug-likeness (QED) is 0.651. The number of benzene rings is 2. The van der Waals surface area contributed by atoms with Crippen molar-refractivity contribution < 1.29 is 26.4 Å². The Kier molecular flexibility index (Phi) is 7.18. The molecule has 0 spiro atoms. The molecule has 4 rings (SSSR count). The van der Waals surface area contributed by atoms with E-state index in [0.717, 1.165) is 41.3 Å². The number of nitrogens with zero attached hydrogens (tertiary/aromatic N) is 2. The van der Waals surface area contributed by atoms with Crippen molar-refractivity contribution >= 4 is 27.3 Å². The first kappa shape index (κ1) is 24.5. The predicted molar refractivity (Wildman–Crippen MR) is 124 cm³/mol. The Morgan fingerprint density at radius 2 is 1.50 bits per heavy atom. The van der Waals surface area contributed by atoms with Crippen LogP contribution in [0.4, 0.5) is 24.5 Å². The van der Waals surface area contributed by atoms with E-state index < -0.39 is 32.6 Å². The molecule has 2 aromatic carbocycles. The first-order valence-corrected chi connectivity index (χ1v) is 12.9. The van der Waals surface area contributed by atoms with Crippen LogP contribution in [0.15, 0.2) is 53.4 Å². The molecule has 0 saturated carbocycles. The third-order valence-electron chi connectivity index (χ3n) is 6.49. The molecule has 0 radical (unpaired) electrons. The number of carbonyl (C=O) groups is 1. The van der Waals surface area contributed by atoms with Crippen molar-refractivity contribution in [1.29, 1.82) is 0 Å². The van der Waals surface area contributed by atoms with E-state index in [1.807, 2.05) is 24.3 Å². The number of carbonyl (C=O) groups excluding carboxylic acids is 1. The van der Waals surface area contributed by atoms with Gasteiger partial charge in [-0.15, -0.1) is 0 Å². The molecule has 0 bridgehead atoms. The van der Waals surface area contributed by atoms with Gasteiger partial charge in [0.25, 0.3) is 0 Å². The molecule has 2 aliphatic rings. The number of sulfonamides is 1. The van der Waals surface area contributed by atoms with E-state index >= 15 is 0 Å². The molecule has 2 heterocycles. The molecule has 6 nitrogen and oxygen atoms in total. The molecule has 1 N–H and O–H groups in total. The van der Waals surface area contributed by atoms with Crippen LogP contribution in [0.3, 0.4) is 0 Å². The van der Waals surface area contributed by atoms with Crippen LogP contribution in [0.5, 0.6) is 0 Å². The molecular weight excluding hydrogens is 467 g/mol. The number of nitrogens with one attached hydrogen (secondary N) is 1. The van der Waals surface area contributed by atoms with Crippen molar-refractivity contribution in [3.63, 3.8) is 0 Å². The Morgan fingerprint density at radius 3 is 2.12 bits per heavy atom. The summed E-state index contributed by atoms with van der Waals surface area (Å²) in [6.07, 6.45) is -0.690. The van der Waals surface area contributed by atoms with Gasteiger partial charge < -0.3 is 10.2 Å². The first-order valence-electron chi connectivity index (χ1n) is 11.5. The molecule has 0 aliphatic carbocycles. The molecular formula is C24H28F3N3O3S. The van der Waals surface area contributed by atoms with Gasteiger partial charge in [0.2, 0.25) is 15.9 Å². The van der Waals surface area contributed by atoms with E-state index in [0.29, 0.717) is 5.69 Å². The van der Waals surface area contributed by atoms with Gasteiger partial charge in [-0.1, -0.05) is 12.1 Å². The fourth-order valence-electron chi connectivity index (χ4n) is 4.58. The van der Waals surface area contributed by atoms with Gasteiger partial charge in [0.1, 0.15) is 0 Å². The average molecular weight is 496 g/mol. The zero-order valence-corrected chi connectivity index (χ0v) is 19.5. The highest BCUT2D eigenvalue weighted by molar-refractivity contribution is 7.89. The zero-order valence-electron chi connectivity index (χ0n) is 18.7. The van der Waals surface area contributed by atoms with Gasteiger partial charge in [-0.2, -0.15) is 17.5 Å². The number of piperidine rings is 2. The second-order valence-corrected chi connectivity index (χ2v) is 10.7. The van der Waals surface area contributed by atoms with Crippen LogP contribution in [0.2, 0.25) is 0 Å². The fraction of sp³-hybridized carbons (Fsp3) is 0.458. The minimum Gasteiger partial charge on any atom is -0.372 e. The Hall–Kier alpha value is -2.59. The van der Waals surface area contributed by atoms with Crippen molar-refractivity contribution in [2.75, 3.05) is 36.4 Å². The SMILES string of the molecule is O=C(Nc1ccc(N2CCCCC2)cc1)C1CCN(S(=O)(=O)c2ccccc2C(F)(F)F)CC1. The second-order valence-electron chi connectivity index (χ2n) is 8.76. The maximum Gasteiger partial charge on any atom is 0.417 e. The summed E-state index contributed by atoms with van der Waals surface area (Å²) >= 11 is 0. The molecule has 2 saturated heterocycles. The van der Waals surface area contributed by atoms with Crippen LogP contribution >= 0.6 is 0 Å². The number of alkyl halides is 3. The molecule has 0 atom stereocenters. The summed E-state index contributed by atoms with van der Waals surface area (Å²) in [5.74, 6) is -0.621. The summed E-state index contributed by atoms with van der Waals surface area (Å²) < 4.78 is 66.8. The van der Waals surface area contributed by atoms with Crippen LogP contribution in [0, 0.1) is 5.92 Å². The number of hydrogen-bond acceptors (Lipinski definition) is 4. The van der Waals surface area contributed by atoms with Gasteiger partial charge in [-0.05, 0) is 68.5 Å². The maximum atomic E-state index is 13.3. The number of halogens is 3. The summed E-state index contributed by atoms with van der Waals surface area (Å²) in [4.78, 5) is 14.3. The highest BCUT2D eigenvalue weighted by Crippen LogP contribution is 2.36. The highest BCUT2D eigenvalue weighted by Gasteiger charge is 2.40. The topological polar surface area (TPSA) is 69.7 Å². The summed E-state index contributed by atoms with van der Waals surface area (Å²) in [5, 5.41) is 2.88. The summed E-state index contributed by atoms with van der Waals surface area (Å²) in [6, 6.07) is 11.9.